The lowest BCUT2D eigenvalue weighted by molar-refractivity contribution is -0.125. The van der Waals surface area contributed by atoms with Crippen LogP contribution in [0, 0.1) is 5.41 Å². The Hall–Kier alpha value is -2.80. The molecule has 2 aliphatic heterocycles. The number of hydrogen-bond acceptors (Lipinski definition) is 5. The Balaban J connectivity index is 1.42. The largest absolute Gasteiger partial charge is 0.335 e. The van der Waals surface area contributed by atoms with Crippen molar-refractivity contribution in [1.29, 1.82) is 0 Å². The summed E-state index contributed by atoms with van der Waals surface area (Å²) in [5, 5.41) is 4.85. The van der Waals surface area contributed by atoms with Gasteiger partial charge in [-0.15, -0.1) is 11.3 Å². The molecule has 0 aliphatic carbocycles. The molecule has 0 aromatic carbocycles. The molecule has 1 fully saturated rings. The lowest BCUT2D eigenvalue weighted by atomic mass is 9.82. The molecule has 0 atom stereocenters. The van der Waals surface area contributed by atoms with E-state index >= 15 is 0 Å². The Kier molecular flexibility index (Phi) is 4.85. The van der Waals surface area contributed by atoms with Gasteiger partial charge < -0.3 is 10.2 Å². The van der Waals surface area contributed by atoms with Crippen LogP contribution in [0.4, 0.5) is 5.82 Å². The summed E-state index contributed by atoms with van der Waals surface area (Å²) in [5.41, 5.74) is 5.39. The van der Waals surface area contributed by atoms with Gasteiger partial charge in [-0.2, -0.15) is 0 Å². The van der Waals surface area contributed by atoms with Crippen molar-refractivity contribution < 1.29 is 9.59 Å². The molecule has 2 aromatic heterocycles. The van der Waals surface area contributed by atoms with Crippen LogP contribution in [0.3, 0.4) is 0 Å². The molecule has 144 valence electrons. The summed E-state index contributed by atoms with van der Waals surface area (Å²) < 4.78 is 0. The molecule has 4 heterocycles. The van der Waals surface area contributed by atoms with Crippen LogP contribution in [0.15, 0.2) is 34.8 Å². The maximum Gasteiger partial charge on any atom is 0.246 e. The average Bonchev–Trinajstić information content (AvgIpc) is 3.33. The summed E-state index contributed by atoms with van der Waals surface area (Å²) in [5.74, 6) is 0.596. The van der Waals surface area contributed by atoms with Crippen LogP contribution < -0.4 is 5.32 Å². The summed E-state index contributed by atoms with van der Waals surface area (Å²) in [6.45, 7) is 5.20. The minimum Gasteiger partial charge on any atom is -0.335 e. The zero-order chi connectivity index (χ0) is 19.7. The molecule has 6 nitrogen and oxygen atoms in total. The molecule has 1 N–H and O–H groups in total. The van der Waals surface area contributed by atoms with Crippen molar-refractivity contribution in [3.8, 4) is 0 Å². The smallest absolute Gasteiger partial charge is 0.246 e. The van der Waals surface area contributed by atoms with Crippen LogP contribution in [0.5, 0.6) is 0 Å². The fourth-order valence-electron chi connectivity index (χ4n) is 3.46. The highest BCUT2D eigenvalue weighted by atomic mass is 32.1. The summed E-state index contributed by atoms with van der Waals surface area (Å²) in [6, 6.07) is 1.99. The van der Waals surface area contributed by atoms with Crippen molar-refractivity contribution in [2.24, 2.45) is 5.41 Å². The predicted octanol–water partition coefficient (Wildman–Crippen LogP) is 3.39. The third kappa shape index (κ3) is 3.89. The number of nitrogens with zero attached hydrogens (tertiary/aromatic N) is 3. The van der Waals surface area contributed by atoms with Crippen LogP contribution in [0.2, 0.25) is 0 Å². The van der Waals surface area contributed by atoms with E-state index in [0.29, 0.717) is 18.8 Å². The summed E-state index contributed by atoms with van der Waals surface area (Å²) in [4.78, 5) is 35.0. The highest BCUT2D eigenvalue weighted by Crippen LogP contribution is 2.32. The van der Waals surface area contributed by atoms with Gasteiger partial charge in [0.2, 0.25) is 11.8 Å². The molecule has 0 unspecified atom stereocenters. The standard InChI is InChI=1S/C21H22N4O2S/c1-21(2)9-16-7-14(10-22-19(16)24-20(21)27)3-4-18(26)25-6-5-15(11-25)8-17-12-28-13-23-17/h3-4,7-8,10,12-13H,5-6,9,11H2,1-2H3,(H,22,24,27). The maximum atomic E-state index is 12.5. The number of carbonyl (C=O) groups is 2. The molecule has 4 rings (SSSR count). The number of carbonyl (C=O) groups excluding carboxylic acids is 2. The maximum absolute atomic E-state index is 12.5. The van der Waals surface area contributed by atoms with Gasteiger partial charge in [0.1, 0.15) is 5.82 Å². The molecule has 28 heavy (non-hydrogen) atoms. The van der Waals surface area contributed by atoms with Gasteiger partial charge >= 0.3 is 0 Å². The number of amides is 2. The topological polar surface area (TPSA) is 75.2 Å². The minimum atomic E-state index is -0.456. The average molecular weight is 395 g/mol. The number of pyridine rings is 1. The van der Waals surface area contributed by atoms with Gasteiger partial charge in [0.25, 0.3) is 0 Å². The third-order valence-corrected chi connectivity index (χ3v) is 5.70. The number of hydrogen-bond donors (Lipinski definition) is 1. The van der Waals surface area contributed by atoms with Crippen molar-refractivity contribution in [2.75, 3.05) is 18.4 Å². The van der Waals surface area contributed by atoms with Crippen LogP contribution in [-0.4, -0.2) is 39.8 Å². The summed E-state index contributed by atoms with van der Waals surface area (Å²) >= 11 is 1.57. The highest BCUT2D eigenvalue weighted by molar-refractivity contribution is 7.07. The lowest BCUT2D eigenvalue weighted by Crippen LogP contribution is -2.37. The van der Waals surface area contributed by atoms with Crippen molar-refractivity contribution in [1.82, 2.24) is 14.9 Å². The van der Waals surface area contributed by atoms with Gasteiger partial charge in [-0.05, 0) is 47.8 Å². The fourth-order valence-corrected chi connectivity index (χ4v) is 3.98. The van der Waals surface area contributed by atoms with E-state index in [-0.39, 0.29) is 11.8 Å². The second-order valence-corrected chi connectivity index (χ2v) is 8.57. The summed E-state index contributed by atoms with van der Waals surface area (Å²) in [6.07, 6.45) is 8.65. The second-order valence-electron chi connectivity index (χ2n) is 7.85. The number of rotatable bonds is 3. The predicted molar refractivity (Wildman–Crippen MR) is 111 cm³/mol. The SMILES string of the molecule is CC1(C)Cc2cc(C=CC(=O)N3CCC(=Cc4cscn4)C3)cnc2NC1=O. The van der Waals surface area contributed by atoms with Crippen molar-refractivity contribution >= 4 is 41.1 Å². The zero-order valence-corrected chi connectivity index (χ0v) is 16.8. The molecule has 0 spiro atoms. The van der Waals surface area contributed by atoms with Gasteiger partial charge in [-0.25, -0.2) is 9.97 Å². The van der Waals surface area contributed by atoms with E-state index in [9.17, 15) is 9.59 Å². The normalized spacial score (nSPS) is 19.9. The van der Waals surface area contributed by atoms with E-state index in [4.69, 9.17) is 0 Å². The molecule has 2 aromatic rings. The molecular weight excluding hydrogens is 372 g/mol. The Morgan fingerprint density at radius 2 is 2.21 bits per heavy atom. The zero-order valence-electron chi connectivity index (χ0n) is 15.9. The molecule has 0 radical (unpaired) electrons. The lowest BCUT2D eigenvalue weighted by Gasteiger charge is -2.29. The number of fused-ring (bicyclic) bond motifs is 1. The molecular formula is C21H22N4O2S. The monoisotopic (exact) mass is 394 g/mol. The first-order valence-corrected chi connectivity index (χ1v) is 10.2. The van der Waals surface area contributed by atoms with E-state index in [2.05, 4.69) is 21.4 Å². The Labute approximate surface area is 168 Å². The molecule has 1 saturated heterocycles. The molecule has 0 bridgehead atoms. The van der Waals surface area contributed by atoms with E-state index < -0.39 is 5.41 Å². The molecule has 2 aliphatic rings. The van der Waals surface area contributed by atoms with E-state index in [1.807, 2.05) is 35.7 Å². The van der Waals surface area contributed by atoms with Crippen molar-refractivity contribution in [3.05, 3.63) is 51.6 Å². The Morgan fingerprint density at radius 1 is 1.36 bits per heavy atom. The van der Waals surface area contributed by atoms with Crippen LogP contribution in [-0.2, 0) is 16.0 Å². The number of aromatic nitrogens is 2. The molecule has 0 saturated carbocycles. The van der Waals surface area contributed by atoms with Crippen LogP contribution >= 0.6 is 11.3 Å². The van der Waals surface area contributed by atoms with E-state index in [1.54, 1.807) is 29.7 Å². The number of likely N-dealkylation sites (tertiary alicyclic amines) is 1. The molecule has 2 amide bonds. The number of thiazole rings is 1. The first kappa shape index (κ1) is 18.6. The van der Waals surface area contributed by atoms with Gasteiger partial charge in [0, 0.05) is 36.2 Å². The van der Waals surface area contributed by atoms with Gasteiger partial charge in [-0.3, -0.25) is 9.59 Å². The highest BCUT2D eigenvalue weighted by Gasteiger charge is 2.34. The summed E-state index contributed by atoms with van der Waals surface area (Å²) in [7, 11) is 0. The first-order valence-electron chi connectivity index (χ1n) is 9.26. The number of anilines is 1. The number of nitrogens with one attached hydrogen (secondary N) is 1. The Bertz CT molecular complexity index is 976. The fraction of sp³-hybridized carbons (Fsp3) is 0.333. The molecule has 7 heteroatoms. The van der Waals surface area contributed by atoms with Crippen molar-refractivity contribution in [3.63, 3.8) is 0 Å². The first-order chi connectivity index (χ1) is 13.4. The van der Waals surface area contributed by atoms with E-state index in [0.717, 1.165) is 29.8 Å². The van der Waals surface area contributed by atoms with Gasteiger partial charge in [0.15, 0.2) is 0 Å². The minimum absolute atomic E-state index is 0.00645. The van der Waals surface area contributed by atoms with Crippen molar-refractivity contribution in [2.45, 2.75) is 26.7 Å². The van der Waals surface area contributed by atoms with E-state index in [1.165, 1.54) is 5.57 Å². The van der Waals surface area contributed by atoms with Crippen LogP contribution in [0.25, 0.3) is 12.2 Å². The third-order valence-electron chi connectivity index (χ3n) is 5.10. The van der Waals surface area contributed by atoms with Gasteiger partial charge in [-0.1, -0.05) is 13.8 Å². The quantitative estimate of drug-likeness (QED) is 0.810. The van der Waals surface area contributed by atoms with Crippen LogP contribution in [0.1, 0.15) is 37.1 Å². The van der Waals surface area contributed by atoms with Gasteiger partial charge in [0.05, 0.1) is 11.2 Å². The second kappa shape index (κ2) is 7.31. The Morgan fingerprint density at radius 3 is 3.00 bits per heavy atom.